The number of benzene rings is 7. The lowest BCUT2D eigenvalue weighted by atomic mass is 9.64. The van der Waals surface area contributed by atoms with Crippen LogP contribution >= 0.6 is 11.8 Å². The molecule has 7 aromatic carbocycles. The number of nitrogens with zero attached hydrogens (tertiary/aromatic N) is 3. The van der Waals surface area contributed by atoms with Gasteiger partial charge in [0.1, 0.15) is 0 Å². The molecular formula is C46H31N3S. The van der Waals surface area contributed by atoms with Gasteiger partial charge in [0.2, 0.25) is 0 Å². The molecule has 9 rings (SSSR count). The molecule has 0 saturated heterocycles. The fraction of sp³-hybridized carbons (Fsp3) is 0.0217. The summed E-state index contributed by atoms with van der Waals surface area (Å²) in [6.45, 7) is 0. The van der Waals surface area contributed by atoms with Crippen molar-refractivity contribution in [3.63, 3.8) is 0 Å². The maximum absolute atomic E-state index is 5.16. The maximum atomic E-state index is 5.16. The Labute approximate surface area is 296 Å². The number of hydrogen-bond donors (Lipinski definition) is 0. The fourth-order valence-electron chi connectivity index (χ4n) is 7.14. The number of aromatic nitrogens is 3. The lowest BCUT2D eigenvalue weighted by Gasteiger charge is -2.42. The fourth-order valence-corrected chi connectivity index (χ4v) is 8.31. The second-order valence-electron chi connectivity index (χ2n) is 12.4. The minimum Gasteiger partial charge on any atom is -0.208 e. The first-order valence-corrected chi connectivity index (χ1v) is 17.6. The molecule has 50 heavy (non-hydrogen) atoms. The SMILES string of the molecule is c1ccc(-c2ccc(-c3nc(-c4ccccc4)nc(-c4ccc5c(c4)C(c4ccccc4)(c4ccccc4)c4ccccc4S5)n3)cc2)cc1. The monoisotopic (exact) mass is 657 g/mol. The van der Waals surface area contributed by atoms with Crippen LogP contribution in [0.15, 0.2) is 198 Å². The minimum atomic E-state index is -0.541. The standard InChI is InChI=1S/C46H31N3S/c1-5-15-32(16-6-1)33-25-27-35(28-26-33)44-47-43(34-17-7-2-8-18-34)48-45(49-44)36-29-30-42-40(31-36)46(37-19-9-3-10-20-37,38-21-11-4-12-22-38)39-23-13-14-24-41(39)50-42/h1-31H. The van der Waals surface area contributed by atoms with E-state index in [1.807, 2.05) is 36.0 Å². The average Bonchev–Trinajstić information content (AvgIpc) is 3.21. The van der Waals surface area contributed by atoms with Crippen molar-refractivity contribution in [1.29, 1.82) is 0 Å². The molecule has 0 saturated carbocycles. The van der Waals surface area contributed by atoms with E-state index in [0.717, 1.165) is 22.3 Å². The van der Waals surface area contributed by atoms with Gasteiger partial charge in [0.15, 0.2) is 17.5 Å². The summed E-state index contributed by atoms with van der Waals surface area (Å²) in [7, 11) is 0. The van der Waals surface area contributed by atoms with Gasteiger partial charge in [-0.2, -0.15) is 0 Å². The van der Waals surface area contributed by atoms with Crippen LogP contribution in [-0.2, 0) is 5.41 Å². The third kappa shape index (κ3) is 5.22. The predicted molar refractivity (Wildman–Crippen MR) is 204 cm³/mol. The molecule has 1 aromatic heterocycles. The van der Waals surface area contributed by atoms with Gasteiger partial charge in [-0.3, -0.25) is 0 Å². The molecule has 236 valence electrons. The van der Waals surface area contributed by atoms with Crippen LogP contribution in [0.2, 0.25) is 0 Å². The Morgan fingerprint density at radius 1 is 0.320 bits per heavy atom. The molecule has 0 radical (unpaired) electrons. The zero-order chi connectivity index (χ0) is 33.3. The van der Waals surface area contributed by atoms with Crippen LogP contribution in [0.25, 0.3) is 45.3 Å². The smallest absolute Gasteiger partial charge is 0.164 e. The molecule has 1 aliphatic rings. The van der Waals surface area contributed by atoms with Crippen molar-refractivity contribution in [3.05, 3.63) is 210 Å². The molecule has 4 heteroatoms. The van der Waals surface area contributed by atoms with Crippen molar-refractivity contribution in [2.24, 2.45) is 0 Å². The summed E-state index contributed by atoms with van der Waals surface area (Å²) in [5.41, 5.74) is 9.54. The first-order chi connectivity index (χ1) is 24.8. The van der Waals surface area contributed by atoms with Gasteiger partial charge in [-0.05, 0) is 51.6 Å². The van der Waals surface area contributed by atoms with Crippen LogP contribution in [0.1, 0.15) is 22.3 Å². The third-order valence-electron chi connectivity index (χ3n) is 9.48. The molecule has 1 aliphatic heterocycles. The minimum absolute atomic E-state index is 0.541. The Bertz CT molecular complexity index is 2390. The first-order valence-electron chi connectivity index (χ1n) is 16.8. The Morgan fingerprint density at radius 3 is 1.32 bits per heavy atom. The van der Waals surface area contributed by atoms with Crippen molar-refractivity contribution in [1.82, 2.24) is 15.0 Å². The van der Waals surface area contributed by atoms with Gasteiger partial charge in [-0.15, -0.1) is 0 Å². The predicted octanol–water partition coefficient (Wildman–Crippen LogP) is 11.4. The summed E-state index contributed by atoms with van der Waals surface area (Å²) in [6.07, 6.45) is 0. The second kappa shape index (κ2) is 12.7. The second-order valence-corrected chi connectivity index (χ2v) is 13.5. The van der Waals surface area contributed by atoms with E-state index >= 15 is 0 Å². The molecule has 0 atom stereocenters. The highest BCUT2D eigenvalue weighted by Gasteiger charge is 2.44. The summed E-state index contributed by atoms with van der Waals surface area (Å²) in [5.74, 6) is 1.93. The molecule has 8 aromatic rings. The van der Waals surface area contributed by atoms with E-state index in [4.69, 9.17) is 15.0 Å². The van der Waals surface area contributed by atoms with Gasteiger partial charge in [0.05, 0.1) is 5.41 Å². The number of fused-ring (bicyclic) bond motifs is 2. The van der Waals surface area contributed by atoms with Crippen molar-refractivity contribution in [2.45, 2.75) is 15.2 Å². The molecule has 0 spiro atoms. The Balaban J connectivity index is 1.25. The summed E-state index contributed by atoms with van der Waals surface area (Å²) in [4.78, 5) is 17.8. The lowest BCUT2D eigenvalue weighted by molar-refractivity contribution is 0.703. The Morgan fingerprint density at radius 2 is 0.720 bits per heavy atom. The number of rotatable bonds is 6. The van der Waals surface area contributed by atoms with Crippen molar-refractivity contribution < 1.29 is 0 Å². The van der Waals surface area contributed by atoms with Gasteiger partial charge < -0.3 is 0 Å². The van der Waals surface area contributed by atoms with E-state index in [-0.39, 0.29) is 0 Å². The highest BCUT2D eigenvalue weighted by molar-refractivity contribution is 7.99. The van der Waals surface area contributed by atoms with E-state index < -0.39 is 5.41 Å². The summed E-state index contributed by atoms with van der Waals surface area (Å²) >= 11 is 1.82. The van der Waals surface area contributed by atoms with Crippen molar-refractivity contribution in [3.8, 4) is 45.3 Å². The molecule has 0 N–H and O–H groups in total. The van der Waals surface area contributed by atoms with Crippen LogP contribution in [0.3, 0.4) is 0 Å². The van der Waals surface area contributed by atoms with Crippen LogP contribution in [0.5, 0.6) is 0 Å². The van der Waals surface area contributed by atoms with Crippen molar-refractivity contribution in [2.75, 3.05) is 0 Å². The maximum Gasteiger partial charge on any atom is 0.164 e. The Hall–Kier alpha value is -6.10. The first kappa shape index (κ1) is 30.0. The van der Waals surface area contributed by atoms with Gasteiger partial charge in [-0.1, -0.05) is 182 Å². The molecular weight excluding hydrogens is 627 g/mol. The van der Waals surface area contributed by atoms with Gasteiger partial charge in [-0.25, -0.2) is 15.0 Å². The molecule has 0 fully saturated rings. The highest BCUT2D eigenvalue weighted by atomic mass is 32.2. The summed E-state index contributed by atoms with van der Waals surface area (Å²) < 4.78 is 0. The number of hydrogen-bond acceptors (Lipinski definition) is 4. The Kier molecular flexibility index (Phi) is 7.64. The zero-order valence-electron chi connectivity index (χ0n) is 27.1. The lowest BCUT2D eigenvalue weighted by Crippen LogP contribution is -2.34. The zero-order valence-corrected chi connectivity index (χ0v) is 28.0. The van der Waals surface area contributed by atoms with Crippen LogP contribution in [0, 0.1) is 0 Å². The molecule has 0 amide bonds. The molecule has 3 nitrogen and oxygen atoms in total. The van der Waals surface area contributed by atoms with E-state index in [9.17, 15) is 0 Å². The molecule has 0 aliphatic carbocycles. The van der Waals surface area contributed by atoms with Gasteiger partial charge in [0, 0.05) is 26.5 Å². The van der Waals surface area contributed by atoms with Gasteiger partial charge >= 0.3 is 0 Å². The van der Waals surface area contributed by atoms with E-state index in [1.165, 1.54) is 37.6 Å². The quantitative estimate of drug-likeness (QED) is 0.178. The largest absolute Gasteiger partial charge is 0.208 e. The van der Waals surface area contributed by atoms with Crippen LogP contribution in [-0.4, -0.2) is 15.0 Å². The van der Waals surface area contributed by atoms with Crippen molar-refractivity contribution >= 4 is 11.8 Å². The van der Waals surface area contributed by atoms with Gasteiger partial charge in [0.25, 0.3) is 0 Å². The average molecular weight is 658 g/mol. The van der Waals surface area contributed by atoms with Crippen LogP contribution in [0.4, 0.5) is 0 Å². The molecule has 0 bridgehead atoms. The van der Waals surface area contributed by atoms with E-state index in [0.29, 0.717) is 17.5 Å². The normalized spacial score (nSPS) is 12.9. The van der Waals surface area contributed by atoms with E-state index in [2.05, 4.69) is 164 Å². The highest BCUT2D eigenvalue weighted by Crippen LogP contribution is 2.56. The van der Waals surface area contributed by atoms with Crippen LogP contribution < -0.4 is 0 Å². The molecule has 0 unspecified atom stereocenters. The topological polar surface area (TPSA) is 38.7 Å². The third-order valence-corrected chi connectivity index (χ3v) is 10.6. The summed E-state index contributed by atoms with van der Waals surface area (Å²) in [6, 6.07) is 66.3. The summed E-state index contributed by atoms with van der Waals surface area (Å²) in [5, 5.41) is 0. The molecule has 2 heterocycles. The van der Waals surface area contributed by atoms with E-state index in [1.54, 1.807) is 0 Å².